The summed E-state index contributed by atoms with van der Waals surface area (Å²) in [6.45, 7) is 6.24. The van der Waals surface area contributed by atoms with Crippen molar-refractivity contribution < 1.29 is 14.3 Å². The van der Waals surface area contributed by atoms with Crippen LogP contribution in [0.15, 0.2) is 18.3 Å². The number of carbonyl (C=O) groups is 2. The molecule has 0 spiro atoms. The number of ether oxygens (including phenoxy) is 1. The van der Waals surface area contributed by atoms with Crippen LogP contribution in [-0.2, 0) is 4.74 Å². The first-order valence-corrected chi connectivity index (χ1v) is 8.56. The first-order valence-electron chi connectivity index (χ1n) is 8.56. The largest absolute Gasteiger partial charge is 0.450 e. The van der Waals surface area contributed by atoms with Gasteiger partial charge in [0, 0.05) is 31.9 Å². The lowest BCUT2D eigenvalue weighted by Crippen LogP contribution is -2.42. The predicted octanol–water partition coefficient (Wildman–Crippen LogP) is 2.25. The summed E-state index contributed by atoms with van der Waals surface area (Å²) in [5, 5.41) is 6.19. The lowest BCUT2D eigenvalue weighted by molar-refractivity contribution is 0.0951. The highest BCUT2D eigenvalue weighted by Crippen LogP contribution is 2.16. The number of piperidine rings is 1. The monoisotopic (exact) mass is 334 g/mol. The van der Waals surface area contributed by atoms with Gasteiger partial charge in [-0.05, 0) is 38.3 Å². The molecule has 0 aromatic carbocycles. The Bertz CT molecular complexity index is 539. The standard InChI is InChI=1S/C17H26N4O3/c1-3-9-18-16(22)13-5-6-15(19-12-13)20-14-7-10-21(11-8-14)17(23)24-4-2/h5-6,12,14H,3-4,7-11H2,1-2H3,(H,18,22)(H,19,20). The zero-order valence-corrected chi connectivity index (χ0v) is 14.4. The topological polar surface area (TPSA) is 83.6 Å². The minimum absolute atomic E-state index is 0.0985. The highest BCUT2D eigenvalue weighted by molar-refractivity contribution is 5.94. The number of hydrogen-bond acceptors (Lipinski definition) is 5. The summed E-state index contributed by atoms with van der Waals surface area (Å²) in [6.07, 6.45) is 3.94. The van der Waals surface area contributed by atoms with E-state index in [1.807, 2.05) is 19.9 Å². The molecule has 2 N–H and O–H groups in total. The number of pyridine rings is 1. The average molecular weight is 334 g/mol. The Kier molecular flexibility index (Phi) is 6.84. The Hall–Kier alpha value is -2.31. The zero-order chi connectivity index (χ0) is 17.4. The molecule has 1 aromatic heterocycles. The first-order chi connectivity index (χ1) is 11.6. The van der Waals surface area contributed by atoms with Crippen LogP contribution in [-0.4, -0.2) is 54.2 Å². The fraction of sp³-hybridized carbons (Fsp3) is 0.588. The van der Waals surface area contributed by atoms with Crippen molar-refractivity contribution in [3.8, 4) is 0 Å². The molecule has 1 aromatic rings. The van der Waals surface area contributed by atoms with E-state index in [-0.39, 0.29) is 18.0 Å². The second kappa shape index (κ2) is 9.10. The Morgan fingerprint density at radius 3 is 2.62 bits per heavy atom. The summed E-state index contributed by atoms with van der Waals surface area (Å²) >= 11 is 0. The summed E-state index contributed by atoms with van der Waals surface area (Å²) in [5.74, 6) is 0.648. The van der Waals surface area contributed by atoms with Crippen molar-refractivity contribution in [2.24, 2.45) is 0 Å². The van der Waals surface area contributed by atoms with Gasteiger partial charge < -0.3 is 20.3 Å². The molecule has 24 heavy (non-hydrogen) atoms. The summed E-state index contributed by atoms with van der Waals surface area (Å²) in [4.78, 5) is 29.6. The van der Waals surface area contributed by atoms with Gasteiger partial charge in [-0.1, -0.05) is 6.92 Å². The van der Waals surface area contributed by atoms with Gasteiger partial charge >= 0.3 is 6.09 Å². The second-order valence-electron chi connectivity index (χ2n) is 5.79. The first kappa shape index (κ1) is 18.0. The lowest BCUT2D eigenvalue weighted by atomic mass is 10.1. The number of hydrogen-bond donors (Lipinski definition) is 2. The van der Waals surface area contributed by atoms with Crippen LogP contribution in [0.1, 0.15) is 43.5 Å². The van der Waals surface area contributed by atoms with Crippen LogP contribution in [0.4, 0.5) is 10.6 Å². The number of carbonyl (C=O) groups excluding carboxylic acids is 2. The molecule has 2 heterocycles. The lowest BCUT2D eigenvalue weighted by Gasteiger charge is -2.31. The molecule has 1 aliphatic rings. The summed E-state index contributed by atoms with van der Waals surface area (Å²) in [5.41, 5.74) is 0.561. The van der Waals surface area contributed by atoms with Crippen molar-refractivity contribution in [2.75, 3.05) is 31.6 Å². The van der Waals surface area contributed by atoms with Crippen LogP contribution in [0, 0.1) is 0 Å². The zero-order valence-electron chi connectivity index (χ0n) is 14.4. The Balaban J connectivity index is 1.80. The van der Waals surface area contributed by atoms with Gasteiger partial charge in [-0.25, -0.2) is 9.78 Å². The summed E-state index contributed by atoms with van der Waals surface area (Å²) in [7, 11) is 0. The van der Waals surface area contributed by atoms with Crippen molar-refractivity contribution in [1.82, 2.24) is 15.2 Å². The van der Waals surface area contributed by atoms with Crippen LogP contribution in [0.25, 0.3) is 0 Å². The van der Waals surface area contributed by atoms with E-state index in [1.165, 1.54) is 0 Å². The van der Waals surface area contributed by atoms with Gasteiger partial charge in [-0.15, -0.1) is 0 Å². The van der Waals surface area contributed by atoms with E-state index in [9.17, 15) is 9.59 Å². The van der Waals surface area contributed by atoms with Gasteiger partial charge in [-0.2, -0.15) is 0 Å². The van der Waals surface area contributed by atoms with Crippen molar-refractivity contribution in [3.63, 3.8) is 0 Å². The van der Waals surface area contributed by atoms with Crippen LogP contribution in [0.2, 0.25) is 0 Å². The van der Waals surface area contributed by atoms with E-state index < -0.39 is 0 Å². The molecule has 7 nitrogen and oxygen atoms in total. The fourth-order valence-corrected chi connectivity index (χ4v) is 2.58. The second-order valence-corrected chi connectivity index (χ2v) is 5.79. The van der Waals surface area contributed by atoms with E-state index in [2.05, 4.69) is 15.6 Å². The molecule has 0 aliphatic carbocycles. The molecule has 1 saturated heterocycles. The van der Waals surface area contributed by atoms with Crippen molar-refractivity contribution in [1.29, 1.82) is 0 Å². The Morgan fingerprint density at radius 1 is 1.29 bits per heavy atom. The number of likely N-dealkylation sites (tertiary alicyclic amines) is 1. The Morgan fingerprint density at radius 2 is 2.04 bits per heavy atom. The highest BCUT2D eigenvalue weighted by atomic mass is 16.6. The number of amides is 2. The van der Waals surface area contributed by atoms with E-state index in [0.29, 0.717) is 31.8 Å². The van der Waals surface area contributed by atoms with Gasteiger partial charge in [0.05, 0.1) is 12.2 Å². The molecule has 1 aliphatic heterocycles. The van der Waals surface area contributed by atoms with Gasteiger partial charge in [0.25, 0.3) is 5.91 Å². The molecule has 0 radical (unpaired) electrons. The number of aromatic nitrogens is 1. The molecule has 2 rings (SSSR count). The van der Waals surface area contributed by atoms with Gasteiger partial charge in [0.2, 0.25) is 0 Å². The van der Waals surface area contributed by atoms with E-state index in [4.69, 9.17) is 4.74 Å². The smallest absolute Gasteiger partial charge is 0.409 e. The van der Waals surface area contributed by atoms with Crippen LogP contribution in [0.5, 0.6) is 0 Å². The van der Waals surface area contributed by atoms with Gasteiger partial charge in [0.1, 0.15) is 5.82 Å². The molecule has 0 atom stereocenters. The van der Waals surface area contributed by atoms with Crippen molar-refractivity contribution in [3.05, 3.63) is 23.9 Å². The average Bonchev–Trinajstić information content (AvgIpc) is 2.61. The third-order valence-corrected chi connectivity index (χ3v) is 3.93. The van der Waals surface area contributed by atoms with Crippen molar-refractivity contribution >= 4 is 17.8 Å². The maximum absolute atomic E-state index is 11.8. The van der Waals surface area contributed by atoms with E-state index in [0.717, 1.165) is 25.1 Å². The third-order valence-electron chi connectivity index (χ3n) is 3.93. The van der Waals surface area contributed by atoms with Crippen LogP contribution < -0.4 is 10.6 Å². The Labute approximate surface area is 142 Å². The van der Waals surface area contributed by atoms with Crippen LogP contribution >= 0.6 is 0 Å². The molecule has 132 valence electrons. The normalized spacial score (nSPS) is 15.0. The molecule has 0 saturated carbocycles. The van der Waals surface area contributed by atoms with Crippen molar-refractivity contribution in [2.45, 2.75) is 39.2 Å². The molecule has 0 unspecified atom stereocenters. The molecule has 2 amide bonds. The van der Waals surface area contributed by atoms with Gasteiger partial charge in [-0.3, -0.25) is 4.79 Å². The van der Waals surface area contributed by atoms with E-state index >= 15 is 0 Å². The number of anilines is 1. The summed E-state index contributed by atoms with van der Waals surface area (Å²) in [6, 6.07) is 3.86. The third kappa shape index (κ3) is 5.11. The minimum Gasteiger partial charge on any atom is -0.450 e. The number of rotatable bonds is 6. The molecule has 1 fully saturated rings. The maximum Gasteiger partial charge on any atom is 0.409 e. The quantitative estimate of drug-likeness (QED) is 0.834. The minimum atomic E-state index is -0.239. The SMILES string of the molecule is CCCNC(=O)c1ccc(NC2CCN(C(=O)OCC)CC2)nc1. The van der Waals surface area contributed by atoms with E-state index in [1.54, 1.807) is 17.2 Å². The fourth-order valence-electron chi connectivity index (χ4n) is 2.58. The molecular formula is C17H26N4O3. The van der Waals surface area contributed by atoms with Crippen LogP contribution in [0.3, 0.4) is 0 Å². The molecular weight excluding hydrogens is 308 g/mol. The maximum atomic E-state index is 11.8. The number of nitrogens with one attached hydrogen (secondary N) is 2. The van der Waals surface area contributed by atoms with Gasteiger partial charge in [0.15, 0.2) is 0 Å². The summed E-state index contributed by atoms with van der Waals surface area (Å²) < 4.78 is 5.01. The molecule has 0 bridgehead atoms. The predicted molar refractivity (Wildman–Crippen MR) is 92.1 cm³/mol. The highest BCUT2D eigenvalue weighted by Gasteiger charge is 2.23. The number of nitrogens with zero attached hydrogens (tertiary/aromatic N) is 2. The molecule has 7 heteroatoms.